The van der Waals surface area contributed by atoms with E-state index in [1.807, 2.05) is 85.1 Å². The van der Waals surface area contributed by atoms with Crippen molar-refractivity contribution in [3.63, 3.8) is 0 Å². The Morgan fingerprint density at radius 1 is 0.667 bits per heavy atom. The van der Waals surface area contributed by atoms with Crippen LogP contribution in [-0.4, -0.2) is 13.3 Å². The van der Waals surface area contributed by atoms with Crippen molar-refractivity contribution in [2.45, 2.75) is 0 Å². The Morgan fingerprint density at radius 3 is 1.88 bits per heavy atom. The van der Waals surface area contributed by atoms with E-state index in [1.54, 1.807) is 7.11 Å². The highest BCUT2D eigenvalue weighted by Crippen LogP contribution is 2.21. The molecule has 3 aromatic carbocycles. The van der Waals surface area contributed by atoms with E-state index in [4.69, 9.17) is 4.74 Å². The summed E-state index contributed by atoms with van der Waals surface area (Å²) in [7, 11) is 1.65. The molecule has 0 bridgehead atoms. The molecule has 0 radical (unpaired) electrons. The zero-order valence-electron chi connectivity index (χ0n) is 13.3. The number of azo groups is 1. The van der Waals surface area contributed by atoms with Crippen LogP contribution in [0.25, 0.3) is 0 Å². The first-order valence-electron chi connectivity index (χ1n) is 7.58. The van der Waals surface area contributed by atoms with Gasteiger partial charge in [0.1, 0.15) is 5.75 Å². The number of aliphatic imine (C=N–C) groups is 1. The van der Waals surface area contributed by atoms with Gasteiger partial charge >= 0.3 is 0 Å². The van der Waals surface area contributed by atoms with Crippen LogP contribution >= 0.6 is 0 Å². The molecular weight excluding hydrogens is 298 g/mol. The van der Waals surface area contributed by atoms with Gasteiger partial charge in [-0.1, -0.05) is 18.2 Å². The van der Waals surface area contributed by atoms with Gasteiger partial charge in [0.25, 0.3) is 0 Å². The second-order valence-corrected chi connectivity index (χ2v) is 5.08. The molecule has 3 aromatic rings. The number of methoxy groups -OCH3 is 1. The summed E-state index contributed by atoms with van der Waals surface area (Å²) in [6.07, 6.45) is 1.82. The molecule has 0 aliphatic carbocycles. The molecule has 0 heterocycles. The van der Waals surface area contributed by atoms with Gasteiger partial charge in [-0.15, -0.1) is 0 Å². The average Bonchev–Trinajstić information content (AvgIpc) is 2.67. The van der Waals surface area contributed by atoms with Gasteiger partial charge in [0.15, 0.2) is 0 Å². The second kappa shape index (κ2) is 7.83. The summed E-state index contributed by atoms with van der Waals surface area (Å²) in [5, 5.41) is 8.40. The topological polar surface area (TPSA) is 46.3 Å². The molecule has 0 amide bonds. The lowest BCUT2D eigenvalue weighted by Crippen LogP contribution is -1.84. The molecule has 0 aromatic heterocycles. The van der Waals surface area contributed by atoms with Gasteiger partial charge in [-0.05, 0) is 66.2 Å². The van der Waals surface area contributed by atoms with E-state index in [2.05, 4.69) is 15.2 Å². The van der Waals surface area contributed by atoms with Gasteiger partial charge in [0.05, 0.1) is 24.2 Å². The Kier molecular flexibility index (Phi) is 5.10. The predicted molar refractivity (Wildman–Crippen MR) is 97.3 cm³/mol. The highest BCUT2D eigenvalue weighted by molar-refractivity contribution is 5.82. The molecule has 0 saturated carbocycles. The summed E-state index contributed by atoms with van der Waals surface area (Å²) in [5.74, 6) is 0.834. The molecule has 0 spiro atoms. The Morgan fingerprint density at radius 2 is 1.25 bits per heavy atom. The molecule has 0 saturated heterocycles. The molecule has 4 heteroatoms. The van der Waals surface area contributed by atoms with Crippen LogP contribution in [0.1, 0.15) is 5.56 Å². The van der Waals surface area contributed by atoms with Crippen LogP contribution in [-0.2, 0) is 0 Å². The first-order chi connectivity index (χ1) is 11.8. The van der Waals surface area contributed by atoms with E-state index >= 15 is 0 Å². The molecule has 24 heavy (non-hydrogen) atoms. The minimum atomic E-state index is 0.794. The third-order valence-corrected chi connectivity index (χ3v) is 3.37. The molecule has 3 rings (SSSR count). The summed E-state index contributed by atoms with van der Waals surface area (Å²) in [6, 6.07) is 25.0. The van der Waals surface area contributed by atoms with Crippen molar-refractivity contribution < 1.29 is 4.74 Å². The van der Waals surface area contributed by atoms with E-state index in [1.165, 1.54) is 0 Å². The van der Waals surface area contributed by atoms with E-state index in [-0.39, 0.29) is 0 Å². The van der Waals surface area contributed by atoms with Gasteiger partial charge in [-0.25, -0.2) is 0 Å². The highest BCUT2D eigenvalue weighted by Gasteiger charge is 1.94. The maximum Gasteiger partial charge on any atom is 0.118 e. The minimum Gasteiger partial charge on any atom is -0.497 e. The molecule has 0 unspecified atom stereocenters. The quantitative estimate of drug-likeness (QED) is 0.429. The largest absolute Gasteiger partial charge is 0.497 e. The molecule has 118 valence electrons. The van der Waals surface area contributed by atoms with Crippen LogP contribution in [0.15, 0.2) is 94.1 Å². The Labute approximate surface area is 141 Å². The van der Waals surface area contributed by atoms with Crippen molar-refractivity contribution in [3.05, 3.63) is 84.4 Å². The van der Waals surface area contributed by atoms with Crippen LogP contribution in [0.4, 0.5) is 17.1 Å². The van der Waals surface area contributed by atoms with E-state index < -0.39 is 0 Å². The lowest BCUT2D eigenvalue weighted by molar-refractivity contribution is 0.415. The van der Waals surface area contributed by atoms with E-state index in [0.717, 1.165) is 28.4 Å². The maximum absolute atomic E-state index is 5.14. The number of benzene rings is 3. The third kappa shape index (κ3) is 4.36. The fourth-order valence-electron chi connectivity index (χ4n) is 2.05. The molecule has 0 aliphatic heterocycles. The minimum absolute atomic E-state index is 0.794. The SMILES string of the molecule is COc1ccc(C=Nc2ccc(/N=N/c3ccccc3)cc2)cc1. The van der Waals surface area contributed by atoms with Crippen molar-refractivity contribution in [3.8, 4) is 5.75 Å². The summed E-state index contributed by atoms with van der Waals surface area (Å²) in [5.41, 5.74) is 3.51. The molecule has 0 fully saturated rings. The van der Waals surface area contributed by atoms with E-state index in [9.17, 15) is 0 Å². The summed E-state index contributed by atoms with van der Waals surface area (Å²) in [6.45, 7) is 0. The van der Waals surface area contributed by atoms with Crippen molar-refractivity contribution in [1.29, 1.82) is 0 Å². The average molecular weight is 315 g/mol. The maximum atomic E-state index is 5.14. The number of rotatable bonds is 5. The Bertz CT molecular complexity index is 823. The number of ether oxygens (including phenoxy) is 1. The smallest absolute Gasteiger partial charge is 0.118 e. The van der Waals surface area contributed by atoms with Gasteiger partial charge in [0.2, 0.25) is 0 Å². The normalized spacial score (nSPS) is 11.2. The summed E-state index contributed by atoms with van der Waals surface area (Å²) < 4.78 is 5.14. The van der Waals surface area contributed by atoms with Gasteiger partial charge in [0, 0.05) is 6.21 Å². The fourth-order valence-corrected chi connectivity index (χ4v) is 2.05. The molecule has 0 atom stereocenters. The zero-order valence-corrected chi connectivity index (χ0v) is 13.3. The lowest BCUT2D eigenvalue weighted by Gasteiger charge is -1.99. The number of hydrogen-bond acceptors (Lipinski definition) is 4. The van der Waals surface area contributed by atoms with Gasteiger partial charge in [-0.3, -0.25) is 4.99 Å². The zero-order chi connectivity index (χ0) is 16.6. The Balaban J connectivity index is 1.65. The summed E-state index contributed by atoms with van der Waals surface area (Å²) in [4.78, 5) is 4.45. The van der Waals surface area contributed by atoms with E-state index in [0.29, 0.717) is 0 Å². The monoisotopic (exact) mass is 315 g/mol. The van der Waals surface area contributed by atoms with Gasteiger partial charge < -0.3 is 4.74 Å². The van der Waals surface area contributed by atoms with Crippen LogP contribution in [0, 0.1) is 0 Å². The molecule has 0 N–H and O–H groups in total. The highest BCUT2D eigenvalue weighted by atomic mass is 16.5. The van der Waals surface area contributed by atoms with Crippen molar-refractivity contribution >= 4 is 23.3 Å². The lowest BCUT2D eigenvalue weighted by atomic mass is 10.2. The first-order valence-corrected chi connectivity index (χ1v) is 7.58. The van der Waals surface area contributed by atoms with Crippen LogP contribution in [0.2, 0.25) is 0 Å². The van der Waals surface area contributed by atoms with Crippen molar-refractivity contribution in [2.75, 3.05) is 7.11 Å². The number of hydrogen-bond donors (Lipinski definition) is 0. The fraction of sp³-hybridized carbons (Fsp3) is 0.0500. The van der Waals surface area contributed by atoms with Crippen molar-refractivity contribution in [1.82, 2.24) is 0 Å². The molecule has 0 aliphatic rings. The molecular formula is C20H17N3O. The first kappa shape index (κ1) is 15.6. The number of nitrogens with zero attached hydrogens (tertiary/aromatic N) is 3. The Hall–Kier alpha value is -3.27. The van der Waals surface area contributed by atoms with Gasteiger partial charge in [-0.2, -0.15) is 10.2 Å². The summed E-state index contributed by atoms with van der Waals surface area (Å²) >= 11 is 0. The van der Waals surface area contributed by atoms with Crippen LogP contribution in [0.5, 0.6) is 5.75 Å². The second-order valence-electron chi connectivity index (χ2n) is 5.08. The predicted octanol–water partition coefficient (Wildman–Crippen LogP) is 5.86. The standard InChI is InChI=1S/C20H17N3O/c1-24-20-13-7-16(8-14-20)15-21-17-9-11-19(12-10-17)23-22-18-5-3-2-4-6-18/h2-15H,1H3/b21-15?,23-22+. The third-order valence-electron chi connectivity index (χ3n) is 3.37. The van der Waals surface area contributed by atoms with Crippen LogP contribution < -0.4 is 4.74 Å². The molecule has 4 nitrogen and oxygen atoms in total. The van der Waals surface area contributed by atoms with Crippen molar-refractivity contribution in [2.24, 2.45) is 15.2 Å². The van der Waals surface area contributed by atoms with Crippen LogP contribution in [0.3, 0.4) is 0 Å².